The first-order valence-electron chi connectivity index (χ1n) is 7.50. The number of hydrogen-bond acceptors (Lipinski definition) is 4. The van der Waals surface area contributed by atoms with Gasteiger partial charge in [-0.15, -0.1) is 11.3 Å². The van der Waals surface area contributed by atoms with Crippen molar-refractivity contribution < 1.29 is 4.79 Å². The minimum absolute atomic E-state index is 0.227. The first kappa shape index (κ1) is 14.4. The zero-order chi connectivity index (χ0) is 13.9. The van der Waals surface area contributed by atoms with Gasteiger partial charge in [-0.2, -0.15) is 11.8 Å². The number of nitrogens with one attached hydrogen (secondary N) is 1. The Kier molecular flexibility index (Phi) is 4.68. The van der Waals surface area contributed by atoms with Gasteiger partial charge >= 0.3 is 0 Å². The van der Waals surface area contributed by atoms with Crippen molar-refractivity contribution in [2.45, 2.75) is 38.0 Å². The van der Waals surface area contributed by atoms with Crippen molar-refractivity contribution in [3.8, 4) is 0 Å². The number of fused-ring (bicyclic) bond motifs is 1. The third-order valence-corrected chi connectivity index (χ3v) is 6.34. The van der Waals surface area contributed by atoms with Crippen LogP contribution in [0.2, 0.25) is 0 Å². The topological polar surface area (TPSA) is 32.3 Å². The van der Waals surface area contributed by atoms with E-state index in [0.29, 0.717) is 6.04 Å². The molecule has 3 heterocycles. The molecule has 1 N–H and O–H groups in total. The second-order valence-corrected chi connectivity index (χ2v) is 7.74. The molecule has 1 unspecified atom stereocenters. The Balaban J connectivity index is 1.70. The summed E-state index contributed by atoms with van der Waals surface area (Å²) in [5, 5.41) is 3.48. The van der Waals surface area contributed by atoms with Crippen LogP contribution in [0.25, 0.3) is 0 Å². The number of aryl methyl sites for hydroxylation is 1. The zero-order valence-corrected chi connectivity index (χ0v) is 13.6. The number of likely N-dealkylation sites (N-methyl/N-ethyl adjacent to an activating group) is 1. The monoisotopic (exact) mass is 310 g/mol. The number of amides is 1. The van der Waals surface area contributed by atoms with E-state index in [1.165, 1.54) is 29.0 Å². The lowest BCUT2D eigenvalue weighted by Gasteiger charge is -2.24. The van der Waals surface area contributed by atoms with E-state index in [9.17, 15) is 4.79 Å². The Morgan fingerprint density at radius 2 is 2.45 bits per heavy atom. The standard InChI is InChI=1S/C15H22N2OS2/c1-2-17(9-12-4-3-6-16-12)15(18)14-8-11-10-19-7-5-13(11)20-14/h8,12,16H,2-7,9-10H2,1H3. The van der Waals surface area contributed by atoms with Crippen molar-refractivity contribution in [1.82, 2.24) is 10.2 Å². The fourth-order valence-electron chi connectivity index (χ4n) is 2.94. The van der Waals surface area contributed by atoms with Gasteiger partial charge in [0.1, 0.15) is 0 Å². The molecule has 3 nitrogen and oxygen atoms in total. The van der Waals surface area contributed by atoms with E-state index < -0.39 is 0 Å². The van der Waals surface area contributed by atoms with Crippen molar-refractivity contribution >= 4 is 29.0 Å². The molecule has 0 saturated carbocycles. The lowest BCUT2D eigenvalue weighted by atomic mass is 10.2. The Hall–Kier alpha value is -0.520. The molecule has 5 heteroatoms. The molecule has 1 atom stereocenters. The maximum atomic E-state index is 12.7. The van der Waals surface area contributed by atoms with E-state index in [0.717, 1.165) is 36.7 Å². The molecule has 1 fully saturated rings. The van der Waals surface area contributed by atoms with Crippen LogP contribution in [0, 0.1) is 0 Å². The number of carbonyl (C=O) groups excluding carboxylic acids is 1. The van der Waals surface area contributed by atoms with E-state index in [-0.39, 0.29) is 5.91 Å². The molecule has 3 rings (SSSR count). The first-order valence-corrected chi connectivity index (χ1v) is 9.47. The maximum Gasteiger partial charge on any atom is 0.263 e. The quantitative estimate of drug-likeness (QED) is 0.928. The van der Waals surface area contributed by atoms with E-state index in [4.69, 9.17) is 0 Å². The summed E-state index contributed by atoms with van der Waals surface area (Å²) in [5.41, 5.74) is 1.39. The Morgan fingerprint density at radius 1 is 1.55 bits per heavy atom. The second-order valence-electron chi connectivity index (χ2n) is 5.50. The lowest BCUT2D eigenvalue weighted by molar-refractivity contribution is 0.0756. The first-order chi connectivity index (χ1) is 9.78. The van der Waals surface area contributed by atoms with E-state index in [2.05, 4.69) is 18.3 Å². The summed E-state index contributed by atoms with van der Waals surface area (Å²) in [6.07, 6.45) is 3.57. The van der Waals surface area contributed by atoms with Gasteiger partial charge in [0.05, 0.1) is 4.88 Å². The molecule has 0 aliphatic carbocycles. The second kappa shape index (κ2) is 6.50. The summed E-state index contributed by atoms with van der Waals surface area (Å²) in [4.78, 5) is 17.1. The van der Waals surface area contributed by atoms with Gasteiger partial charge in [0, 0.05) is 29.8 Å². The predicted octanol–water partition coefficient (Wildman–Crippen LogP) is 2.75. The van der Waals surface area contributed by atoms with Crippen molar-refractivity contribution in [2.24, 2.45) is 0 Å². The third-order valence-electron chi connectivity index (χ3n) is 4.11. The molecule has 1 saturated heterocycles. The lowest BCUT2D eigenvalue weighted by Crippen LogP contribution is -2.40. The summed E-state index contributed by atoms with van der Waals surface area (Å²) < 4.78 is 0. The molecule has 1 aromatic heterocycles. The highest BCUT2D eigenvalue weighted by Crippen LogP contribution is 2.32. The molecular formula is C15H22N2OS2. The average molecular weight is 310 g/mol. The van der Waals surface area contributed by atoms with Gasteiger partial charge in [-0.1, -0.05) is 0 Å². The van der Waals surface area contributed by atoms with Gasteiger partial charge in [-0.25, -0.2) is 0 Å². The minimum Gasteiger partial charge on any atom is -0.337 e. The Labute approximate surface area is 129 Å². The molecule has 0 bridgehead atoms. The highest BCUT2D eigenvalue weighted by molar-refractivity contribution is 7.98. The summed E-state index contributed by atoms with van der Waals surface area (Å²) in [5.74, 6) is 2.51. The fraction of sp³-hybridized carbons (Fsp3) is 0.667. The van der Waals surface area contributed by atoms with Crippen LogP contribution in [0.15, 0.2) is 6.07 Å². The molecule has 1 aromatic rings. The molecule has 0 aromatic carbocycles. The van der Waals surface area contributed by atoms with Crippen molar-refractivity contribution in [2.75, 3.05) is 25.4 Å². The third kappa shape index (κ3) is 3.05. The number of thiophene rings is 1. The van der Waals surface area contributed by atoms with Crippen LogP contribution < -0.4 is 5.32 Å². The predicted molar refractivity (Wildman–Crippen MR) is 86.8 cm³/mol. The van der Waals surface area contributed by atoms with Gasteiger partial charge in [0.2, 0.25) is 0 Å². The fourth-order valence-corrected chi connectivity index (χ4v) is 5.28. The van der Waals surface area contributed by atoms with Crippen molar-refractivity contribution in [3.63, 3.8) is 0 Å². The van der Waals surface area contributed by atoms with Crippen LogP contribution in [0.4, 0.5) is 0 Å². The molecule has 20 heavy (non-hydrogen) atoms. The number of thioether (sulfide) groups is 1. The van der Waals surface area contributed by atoms with Gasteiger partial charge in [0.25, 0.3) is 5.91 Å². The highest BCUT2D eigenvalue weighted by atomic mass is 32.2. The van der Waals surface area contributed by atoms with Crippen LogP contribution in [-0.4, -0.2) is 42.2 Å². The van der Waals surface area contributed by atoms with Crippen LogP contribution >= 0.6 is 23.1 Å². The van der Waals surface area contributed by atoms with Gasteiger partial charge in [-0.05, 0) is 50.1 Å². The van der Waals surface area contributed by atoms with Crippen LogP contribution in [0.3, 0.4) is 0 Å². The molecule has 2 aliphatic rings. The maximum absolute atomic E-state index is 12.7. The van der Waals surface area contributed by atoms with Gasteiger partial charge in [-0.3, -0.25) is 4.79 Å². The number of hydrogen-bond donors (Lipinski definition) is 1. The molecule has 2 aliphatic heterocycles. The smallest absolute Gasteiger partial charge is 0.263 e. The number of nitrogens with zero attached hydrogens (tertiary/aromatic N) is 1. The van der Waals surface area contributed by atoms with E-state index >= 15 is 0 Å². The van der Waals surface area contributed by atoms with Gasteiger partial charge < -0.3 is 10.2 Å². The number of rotatable bonds is 4. The normalized spacial score (nSPS) is 21.8. The van der Waals surface area contributed by atoms with Gasteiger partial charge in [0.15, 0.2) is 0 Å². The zero-order valence-electron chi connectivity index (χ0n) is 12.0. The Morgan fingerprint density at radius 3 is 3.15 bits per heavy atom. The number of carbonyl (C=O) groups is 1. The van der Waals surface area contributed by atoms with E-state index in [1.807, 2.05) is 16.7 Å². The van der Waals surface area contributed by atoms with Crippen LogP contribution in [-0.2, 0) is 12.2 Å². The summed E-state index contributed by atoms with van der Waals surface area (Å²) in [7, 11) is 0. The highest BCUT2D eigenvalue weighted by Gasteiger charge is 2.24. The van der Waals surface area contributed by atoms with Crippen molar-refractivity contribution in [3.05, 3.63) is 21.4 Å². The average Bonchev–Trinajstić information content (AvgIpc) is 3.12. The summed E-state index contributed by atoms with van der Waals surface area (Å²) >= 11 is 3.69. The SMILES string of the molecule is CCN(CC1CCCN1)C(=O)c1cc2c(s1)CCSC2. The summed E-state index contributed by atoms with van der Waals surface area (Å²) in [6.45, 7) is 4.83. The molecule has 0 radical (unpaired) electrons. The molecule has 0 spiro atoms. The van der Waals surface area contributed by atoms with Crippen molar-refractivity contribution in [1.29, 1.82) is 0 Å². The minimum atomic E-state index is 0.227. The Bertz CT molecular complexity index is 457. The summed E-state index contributed by atoms with van der Waals surface area (Å²) in [6, 6.07) is 2.63. The molecular weight excluding hydrogens is 288 g/mol. The van der Waals surface area contributed by atoms with Crippen LogP contribution in [0.5, 0.6) is 0 Å². The molecule has 1 amide bonds. The van der Waals surface area contributed by atoms with E-state index in [1.54, 1.807) is 11.3 Å². The van der Waals surface area contributed by atoms with Crippen LogP contribution in [0.1, 0.15) is 39.9 Å². The molecule has 110 valence electrons. The largest absolute Gasteiger partial charge is 0.337 e.